The Balaban J connectivity index is 2.13. The number of halogens is 3. The monoisotopic (exact) mass is 547 g/mol. The lowest BCUT2D eigenvalue weighted by Crippen LogP contribution is -2.30. The summed E-state index contributed by atoms with van der Waals surface area (Å²) < 4.78 is 22.2. The molecule has 2 aromatic rings. The van der Waals surface area contributed by atoms with Crippen LogP contribution in [0.3, 0.4) is 0 Å². The molecule has 0 radical (unpaired) electrons. The van der Waals surface area contributed by atoms with E-state index in [2.05, 4.69) is 11.9 Å². The maximum atomic E-state index is 14.5. The predicted molar refractivity (Wildman–Crippen MR) is 124 cm³/mol. The minimum atomic E-state index is -1.06. The molecule has 0 saturated carbocycles. The Labute approximate surface area is 191 Å². The molecule has 2 heterocycles. The lowest BCUT2D eigenvalue weighted by atomic mass is 10.0. The molecule has 3 rings (SSSR count). The average molecular weight is 548 g/mol. The number of aliphatic hydroxyl groups excluding tert-OH is 2. The molecule has 0 spiro atoms. The fraction of sp³-hybridized carbons (Fsp3) is 0.250. The van der Waals surface area contributed by atoms with Gasteiger partial charge in [-0.15, -0.1) is 0 Å². The van der Waals surface area contributed by atoms with E-state index in [4.69, 9.17) is 21.4 Å². The number of hydrogen-bond acceptors (Lipinski definition) is 6. The van der Waals surface area contributed by atoms with Crippen LogP contribution in [0.15, 0.2) is 41.5 Å². The van der Waals surface area contributed by atoms with Gasteiger partial charge < -0.3 is 25.2 Å². The summed E-state index contributed by atoms with van der Waals surface area (Å²) in [6.07, 6.45) is 0.546. The van der Waals surface area contributed by atoms with E-state index in [0.717, 1.165) is 3.57 Å². The van der Waals surface area contributed by atoms with Gasteiger partial charge in [0.25, 0.3) is 5.56 Å². The first-order chi connectivity index (χ1) is 14.1. The molecule has 0 aliphatic carbocycles. The second-order valence-corrected chi connectivity index (χ2v) is 8.35. The zero-order valence-corrected chi connectivity index (χ0v) is 19.2. The average Bonchev–Trinajstić information content (AvgIpc) is 2.71. The Bertz CT molecular complexity index is 1100. The number of allylic oxidation sites excluding steroid dienone is 1. The lowest BCUT2D eigenvalue weighted by Gasteiger charge is -2.31. The molecule has 10 heteroatoms. The van der Waals surface area contributed by atoms with Gasteiger partial charge in [-0.05, 0) is 40.8 Å². The van der Waals surface area contributed by atoms with Gasteiger partial charge >= 0.3 is 0 Å². The number of rotatable bonds is 6. The number of ether oxygens (including phenoxy) is 1. The summed E-state index contributed by atoms with van der Waals surface area (Å²) in [5.74, 6) is 0.302. The molecule has 0 amide bonds. The van der Waals surface area contributed by atoms with Gasteiger partial charge in [0.15, 0.2) is 0 Å². The van der Waals surface area contributed by atoms with E-state index in [1.54, 1.807) is 37.3 Å². The first-order valence-corrected chi connectivity index (χ1v) is 10.3. The van der Waals surface area contributed by atoms with Crippen molar-refractivity contribution in [2.75, 3.05) is 30.5 Å². The third-order valence-corrected chi connectivity index (χ3v) is 5.60. The van der Waals surface area contributed by atoms with Crippen LogP contribution in [0.5, 0.6) is 0 Å². The van der Waals surface area contributed by atoms with E-state index < -0.39 is 24.1 Å². The van der Waals surface area contributed by atoms with Crippen LogP contribution in [0.2, 0.25) is 5.02 Å². The van der Waals surface area contributed by atoms with Crippen LogP contribution in [0.1, 0.15) is 5.56 Å². The number of anilines is 3. The summed E-state index contributed by atoms with van der Waals surface area (Å²) in [6, 6.07) is 4.63. The molecule has 1 aromatic heterocycles. The number of aliphatic hydroxyl groups is 2. The van der Waals surface area contributed by atoms with E-state index in [1.807, 2.05) is 22.6 Å². The Morgan fingerprint density at radius 2 is 2.10 bits per heavy atom. The highest BCUT2D eigenvalue weighted by atomic mass is 127. The SMILES string of the molecule is C=C1C(OC[C@H](O)CO)=CN(C)c2c1c(Nc1ccc(I)cc1F)c(Cl)c(=O)n2C. The van der Waals surface area contributed by atoms with Crippen molar-refractivity contribution in [1.29, 1.82) is 0 Å². The number of nitrogens with zero attached hydrogens (tertiary/aromatic N) is 2. The zero-order valence-electron chi connectivity index (χ0n) is 16.2. The molecule has 0 unspecified atom stereocenters. The first kappa shape index (κ1) is 22.6. The maximum absolute atomic E-state index is 14.5. The van der Waals surface area contributed by atoms with Crippen LogP contribution in [-0.2, 0) is 11.8 Å². The highest BCUT2D eigenvalue weighted by Gasteiger charge is 2.29. The van der Waals surface area contributed by atoms with E-state index in [-0.39, 0.29) is 23.0 Å². The second-order valence-electron chi connectivity index (χ2n) is 6.73. The van der Waals surface area contributed by atoms with Crippen molar-refractivity contribution in [3.63, 3.8) is 0 Å². The number of hydrogen-bond donors (Lipinski definition) is 3. The smallest absolute Gasteiger partial charge is 0.272 e. The Kier molecular flexibility index (Phi) is 6.75. The van der Waals surface area contributed by atoms with E-state index in [0.29, 0.717) is 22.7 Å². The minimum absolute atomic E-state index is 0.125. The molecule has 7 nitrogen and oxygen atoms in total. The van der Waals surface area contributed by atoms with Crippen molar-refractivity contribution in [3.8, 4) is 0 Å². The molecule has 1 aliphatic heterocycles. The molecule has 160 valence electrons. The minimum Gasteiger partial charge on any atom is -0.489 e. The molecular weight excluding hydrogens is 528 g/mol. The maximum Gasteiger partial charge on any atom is 0.272 e. The predicted octanol–water partition coefficient (Wildman–Crippen LogP) is 3.20. The fourth-order valence-corrected chi connectivity index (χ4v) is 3.80. The normalized spacial score (nSPS) is 14.3. The summed E-state index contributed by atoms with van der Waals surface area (Å²) in [5, 5.41) is 21.4. The summed E-state index contributed by atoms with van der Waals surface area (Å²) in [4.78, 5) is 14.4. The highest BCUT2D eigenvalue weighted by molar-refractivity contribution is 14.1. The molecule has 1 atom stereocenters. The van der Waals surface area contributed by atoms with E-state index in [9.17, 15) is 14.3 Å². The van der Waals surface area contributed by atoms with Gasteiger partial charge in [-0.3, -0.25) is 9.36 Å². The summed E-state index contributed by atoms with van der Waals surface area (Å²) in [5.41, 5.74) is 0.731. The van der Waals surface area contributed by atoms with Crippen molar-refractivity contribution in [1.82, 2.24) is 4.57 Å². The third kappa shape index (κ3) is 4.20. The third-order valence-electron chi connectivity index (χ3n) is 4.58. The Hall–Kier alpha value is -2.08. The van der Waals surface area contributed by atoms with Gasteiger partial charge in [0.2, 0.25) is 0 Å². The number of fused-ring (bicyclic) bond motifs is 1. The fourth-order valence-electron chi connectivity index (χ4n) is 3.08. The molecule has 1 aromatic carbocycles. The standard InChI is InChI=1S/C20H20ClFIN3O4/c1-10-15(30-9-12(28)8-27)7-25(2)19-16(10)18(17(21)20(29)26(19)3)24-14-5-4-11(23)6-13(14)22/h4-7,12,24,27-28H,1,8-9H2,2-3H3/t12-/m1/s1. The van der Waals surface area contributed by atoms with Gasteiger partial charge in [0.05, 0.1) is 23.5 Å². The molecular formula is C20H20ClFIN3O4. The van der Waals surface area contributed by atoms with Gasteiger partial charge in [-0.1, -0.05) is 18.2 Å². The number of aromatic nitrogens is 1. The van der Waals surface area contributed by atoms with E-state index in [1.165, 1.54) is 10.6 Å². The van der Waals surface area contributed by atoms with Gasteiger partial charge in [-0.2, -0.15) is 0 Å². The van der Waals surface area contributed by atoms with Crippen molar-refractivity contribution in [2.24, 2.45) is 7.05 Å². The number of nitrogens with one attached hydrogen (secondary N) is 1. The van der Waals surface area contributed by atoms with Crippen LogP contribution >= 0.6 is 34.2 Å². The second kappa shape index (κ2) is 8.96. The van der Waals surface area contributed by atoms with Gasteiger partial charge in [0.1, 0.15) is 35.1 Å². The Morgan fingerprint density at radius 1 is 1.40 bits per heavy atom. The molecule has 3 N–H and O–H groups in total. The quantitative estimate of drug-likeness (QED) is 0.482. The first-order valence-electron chi connectivity index (χ1n) is 8.86. The lowest BCUT2D eigenvalue weighted by molar-refractivity contribution is 0.0335. The van der Waals surface area contributed by atoms with Crippen LogP contribution in [-0.4, -0.2) is 41.1 Å². The van der Waals surface area contributed by atoms with Crippen molar-refractivity contribution in [2.45, 2.75) is 6.10 Å². The summed E-state index contributed by atoms with van der Waals surface area (Å²) in [7, 11) is 3.28. The number of benzene rings is 1. The Morgan fingerprint density at radius 3 is 2.73 bits per heavy atom. The largest absolute Gasteiger partial charge is 0.489 e. The topological polar surface area (TPSA) is 87.0 Å². The van der Waals surface area contributed by atoms with Crippen LogP contribution in [0.25, 0.3) is 5.57 Å². The van der Waals surface area contributed by atoms with Crippen molar-refractivity contribution in [3.05, 3.63) is 67.1 Å². The summed E-state index contributed by atoms with van der Waals surface area (Å²) in [6.45, 7) is 3.45. The molecule has 1 aliphatic rings. The summed E-state index contributed by atoms with van der Waals surface area (Å²) >= 11 is 8.37. The van der Waals surface area contributed by atoms with Gasteiger partial charge in [0, 0.05) is 29.4 Å². The van der Waals surface area contributed by atoms with Crippen molar-refractivity contribution < 1.29 is 19.3 Å². The molecule has 0 saturated heterocycles. The van der Waals surface area contributed by atoms with Crippen LogP contribution in [0.4, 0.5) is 21.6 Å². The highest BCUT2D eigenvalue weighted by Crippen LogP contribution is 2.43. The van der Waals surface area contributed by atoms with Crippen LogP contribution < -0.4 is 15.8 Å². The van der Waals surface area contributed by atoms with Crippen molar-refractivity contribution >= 4 is 57.0 Å². The zero-order chi connectivity index (χ0) is 22.2. The number of pyridine rings is 1. The molecule has 30 heavy (non-hydrogen) atoms. The molecule has 0 fully saturated rings. The van der Waals surface area contributed by atoms with Gasteiger partial charge in [-0.25, -0.2) is 4.39 Å². The van der Waals surface area contributed by atoms with Crippen LogP contribution in [0, 0.1) is 9.39 Å². The van der Waals surface area contributed by atoms with E-state index >= 15 is 0 Å². The molecule has 0 bridgehead atoms.